The van der Waals surface area contributed by atoms with E-state index in [1.54, 1.807) is 48.5 Å². The average Bonchev–Trinajstić information content (AvgIpc) is 2.91. The van der Waals surface area contributed by atoms with Gasteiger partial charge in [-0.05, 0) is 19.1 Å². The van der Waals surface area contributed by atoms with E-state index < -0.39 is 15.4 Å². The van der Waals surface area contributed by atoms with Crippen molar-refractivity contribution in [1.29, 1.82) is 0 Å². The molecule has 0 atom stereocenters. The molecule has 0 saturated heterocycles. The van der Waals surface area contributed by atoms with Crippen LogP contribution in [-0.2, 0) is 10.0 Å². The Balaban J connectivity index is 1.98. The molecular formula is C20H21NO3S. The van der Waals surface area contributed by atoms with E-state index in [0.717, 1.165) is 5.56 Å². The third-order valence-electron chi connectivity index (χ3n) is 4.46. The quantitative estimate of drug-likeness (QED) is 0.784. The van der Waals surface area contributed by atoms with Crippen LogP contribution in [-0.4, -0.2) is 25.1 Å². The normalized spacial score (nSPS) is 16.6. The first-order valence-electron chi connectivity index (χ1n) is 8.12. The van der Waals surface area contributed by atoms with E-state index in [1.807, 2.05) is 26.8 Å². The minimum absolute atomic E-state index is 0.132. The molecule has 4 nitrogen and oxygen atoms in total. The van der Waals surface area contributed by atoms with Gasteiger partial charge >= 0.3 is 0 Å². The lowest BCUT2D eigenvalue weighted by molar-refractivity contribution is 0.101. The van der Waals surface area contributed by atoms with Crippen LogP contribution in [0, 0.1) is 12.3 Å². The first-order chi connectivity index (χ1) is 11.7. The van der Waals surface area contributed by atoms with Crippen molar-refractivity contribution in [2.24, 2.45) is 5.41 Å². The number of benzene rings is 2. The summed E-state index contributed by atoms with van der Waals surface area (Å²) in [5.41, 5.74) is 1.52. The maximum Gasteiger partial charge on any atom is 0.263 e. The molecule has 0 aliphatic carbocycles. The highest BCUT2D eigenvalue weighted by Crippen LogP contribution is 2.38. The first kappa shape index (κ1) is 17.4. The third kappa shape index (κ3) is 3.24. The van der Waals surface area contributed by atoms with Crippen molar-refractivity contribution in [2.75, 3.05) is 6.54 Å². The minimum atomic E-state index is -3.67. The van der Waals surface area contributed by atoms with Gasteiger partial charge in [0.25, 0.3) is 10.0 Å². The third-order valence-corrected chi connectivity index (χ3v) is 6.18. The Labute approximate surface area is 148 Å². The summed E-state index contributed by atoms with van der Waals surface area (Å²) in [6.07, 6.45) is 1.49. The van der Waals surface area contributed by atoms with Crippen LogP contribution in [0.1, 0.15) is 29.8 Å². The Kier molecular flexibility index (Phi) is 4.29. The van der Waals surface area contributed by atoms with Gasteiger partial charge < -0.3 is 0 Å². The molecule has 0 fully saturated rings. The Morgan fingerprint density at radius 3 is 2.20 bits per heavy atom. The SMILES string of the molecule is Cc1ccc(S(=O)(=O)N2C=C(C(=O)c3ccccc3)C(C)(C)C2)cc1. The maximum absolute atomic E-state index is 12.9. The number of rotatable bonds is 4. The number of sulfonamides is 1. The molecular weight excluding hydrogens is 334 g/mol. The molecule has 0 bridgehead atoms. The molecule has 0 unspecified atom stereocenters. The van der Waals surface area contributed by atoms with Crippen molar-refractivity contribution in [1.82, 2.24) is 4.31 Å². The van der Waals surface area contributed by atoms with E-state index in [1.165, 1.54) is 10.5 Å². The molecule has 0 spiro atoms. The second-order valence-electron chi connectivity index (χ2n) is 6.99. The van der Waals surface area contributed by atoms with Crippen LogP contribution in [0.4, 0.5) is 0 Å². The number of hydrogen-bond donors (Lipinski definition) is 0. The lowest BCUT2D eigenvalue weighted by Gasteiger charge is -2.23. The van der Waals surface area contributed by atoms with E-state index >= 15 is 0 Å². The molecule has 2 aromatic carbocycles. The minimum Gasteiger partial charge on any atom is -0.289 e. The van der Waals surface area contributed by atoms with Crippen molar-refractivity contribution in [3.05, 3.63) is 77.5 Å². The Bertz CT molecular complexity index is 927. The number of Topliss-reactive ketones (excluding diaryl/α,β-unsaturated/α-hetero) is 1. The molecule has 1 heterocycles. The zero-order chi connectivity index (χ0) is 18.2. The van der Waals surface area contributed by atoms with Crippen LogP contribution in [0.3, 0.4) is 0 Å². The van der Waals surface area contributed by atoms with Gasteiger partial charge in [-0.1, -0.05) is 61.9 Å². The molecule has 0 N–H and O–H groups in total. The molecule has 130 valence electrons. The fourth-order valence-electron chi connectivity index (χ4n) is 2.95. The van der Waals surface area contributed by atoms with Gasteiger partial charge in [-0.25, -0.2) is 8.42 Å². The summed E-state index contributed by atoms with van der Waals surface area (Å²) in [6, 6.07) is 15.7. The lowest BCUT2D eigenvalue weighted by atomic mass is 9.83. The predicted molar refractivity (Wildman–Crippen MR) is 97.7 cm³/mol. The summed E-state index contributed by atoms with van der Waals surface area (Å²) in [6.45, 7) is 5.94. The van der Waals surface area contributed by atoms with E-state index in [-0.39, 0.29) is 17.2 Å². The van der Waals surface area contributed by atoms with Gasteiger partial charge in [0, 0.05) is 29.3 Å². The van der Waals surface area contributed by atoms with Crippen molar-refractivity contribution in [3.8, 4) is 0 Å². The summed E-state index contributed by atoms with van der Waals surface area (Å²) >= 11 is 0. The number of ketones is 1. The average molecular weight is 355 g/mol. The summed E-state index contributed by atoms with van der Waals surface area (Å²) in [4.78, 5) is 13.1. The molecule has 3 rings (SSSR count). The van der Waals surface area contributed by atoms with Crippen LogP contribution in [0.25, 0.3) is 0 Å². The standard InChI is InChI=1S/C20H21NO3S/c1-15-9-11-17(12-10-15)25(23,24)21-13-18(20(2,3)14-21)19(22)16-7-5-4-6-8-16/h4-13H,14H2,1-3H3. The number of nitrogens with zero attached hydrogens (tertiary/aromatic N) is 1. The summed E-state index contributed by atoms with van der Waals surface area (Å²) < 4.78 is 27.1. The van der Waals surface area contributed by atoms with E-state index in [4.69, 9.17) is 0 Å². The van der Waals surface area contributed by atoms with Gasteiger partial charge in [-0.3, -0.25) is 9.10 Å². The number of hydrogen-bond acceptors (Lipinski definition) is 3. The van der Waals surface area contributed by atoms with Crippen LogP contribution in [0.15, 0.2) is 71.3 Å². The summed E-state index contributed by atoms with van der Waals surface area (Å²) in [5, 5.41) is 0. The van der Waals surface area contributed by atoms with E-state index in [2.05, 4.69) is 0 Å². The molecule has 25 heavy (non-hydrogen) atoms. The monoisotopic (exact) mass is 355 g/mol. The van der Waals surface area contributed by atoms with Crippen molar-refractivity contribution < 1.29 is 13.2 Å². The summed E-state index contributed by atoms with van der Waals surface area (Å²) in [5.74, 6) is -0.132. The van der Waals surface area contributed by atoms with Gasteiger partial charge in [0.2, 0.25) is 0 Å². The molecule has 1 aliphatic heterocycles. The highest BCUT2D eigenvalue weighted by molar-refractivity contribution is 7.89. The second-order valence-corrected chi connectivity index (χ2v) is 8.88. The lowest BCUT2D eigenvalue weighted by Crippen LogP contribution is -2.30. The summed E-state index contributed by atoms with van der Waals surface area (Å²) in [7, 11) is -3.67. The van der Waals surface area contributed by atoms with Gasteiger partial charge in [-0.2, -0.15) is 0 Å². The van der Waals surface area contributed by atoms with E-state index in [0.29, 0.717) is 11.1 Å². The molecule has 5 heteroatoms. The molecule has 2 aromatic rings. The van der Waals surface area contributed by atoms with E-state index in [9.17, 15) is 13.2 Å². The molecule has 0 aromatic heterocycles. The molecule has 0 amide bonds. The fraction of sp³-hybridized carbons (Fsp3) is 0.250. The zero-order valence-corrected chi connectivity index (χ0v) is 15.4. The first-order valence-corrected chi connectivity index (χ1v) is 9.56. The number of carbonyl (C=O) groups is 1. The van der Waals surface area contributed by atoms with Gasteiger partial charge in [0.15, 0.2) is 5.78 Å². The van der Waals surface area contributed by atoms with Gasteiger partial charge in [0.1, 0.15) is 0 Å². The molecule has 1 aliphatic rings. The zero-order valence-electron chi connectivity index (χ0n) is 14.6. The molecule has 0 radical (unpaired) electrons. The highest BCUT2D eigenvalue weighted by Gasteiger charge is 2.40. The van der Waals surface area contributed by atoms with Crippen molar-refractivity contribution >= 4 is 15.8 Å². The highest BCUT2D eigenvalue weighted by atomic mass is 32.2. The van der Waals surface area contributed by atoms with Crippen LogP contribution in [0.5, 0.6) is 0 Å². The second kappa shape index (κ2) is 6.15. The van der Waals surface area contributed by atoms with Crippen LogP contribution in [0.2, 0.25) is 0 Å². The number of carbonyl (C=O) groups excluding carboxylic acids is 1. The molecule has 0 saturated carbocycles. The smallest absolute Gasteiger partial charge is 0.263 e. The Morgan fingerprint density at radius 2 is 1.60 bits per heavy atom. The van der Waals surface area contributed by atoms with Crippen molar-refractivity contribution in [3.63, 3.8) is 0 Å². The van der Waals surface area contributed by atoms with Gasteiger partial charge in [0.05, 0.1) is 4.90 Å². The Morgan fingerprint density at radius 1 is 1.00 bits per heavy atom. The van der Waals surface area contributed by atoms with Crippen molar-refractivity contribution in [2.45, 2.75) is 25.7 Å². The topological polar surface area (TPSA) is 54.5 Å². The van der Waals surface area contributed by atoms with Crippen LogP contribution < -0.4 is 0 Å². The van der Waals surface area contributed by atoms with Crippen LogP contribution >= 0.6 is 0 Å². The van der Waals surface area contributed by atoms with Gasteiger partial charge in [-0.15, -0.1) is 0 Å². The predicted octanol–water partition coefficient (Wildman–Crippen LogP) is 3.79. The maximum atomic E-state index is 12.9. The Hall–Kier alpha value is -2.40. The largest absolute Gasteiger partial charge is 0.289 e. The number of aryl methyl sites for hydroxylation is 1. The fourth-order valence-corrected chi connectivity index (χ4v) is 4.44.